The van der Waals surface area contributed by atoms with Gasteiger partial charge in [-0.3, -0.25) is 4.79 Å². The Balaban J connectivity index is 2.29. The molecule has 1 aliphatic heterocycles. The number of hydrogen-bond donors (Lipinski definition) is 1. The molecule has 1 N–H and O–H groups in total. The average Bonchev–Trinajstić information content (AvgIpc) is 2.40. The van der Waals surface area contributed by atoms with Gasteiger partial charge < -0.3 is 10.0 Å². The number of aliphatic hydroxyl groups excluding tert-OH is 1. The van der Waals surface area contributed by atoms with Crippen molar-refractivity contribution in [2.45, 2.75) is 25.8 Å². The van der Waals surface area contributed by atoms with Crippen molar-refractivity contribution in [1.29, 1.82) is 0 Å². The van der Waals surface area contributed by atoms with E-state index >= 15 is 0 Å². The summed E-state index contributed by atoms with van der Waals surface area (Å²) in [6.07, 6.45) is 1.97. The molecule has 1 aromatic carbocycles. The van der Waals surface area contributed by atoms with Gasteiger partial charge in [-0.1, -0.05) is 30.1 Å². The summed E-state index contributed by atoms with van der Waals surface area (Å²) in [6.45, 7) is 2.68. The van der Waals surface area contributed by atoms with Gasteiger partial charge in [-0.05, 0) is 37.0 Å². The van der Waals surface area contributed by atoms with Gasteiger partial charge >= 0.3 is 0 Å². The summed E-state index contributed by atoms with van der Waals surface area (Å²) in [5.41, 5.74) is 0.404. The Bertz CT molecular complexity index is 479. The Morgan fingerprint density at radius 1 is 1.47 bits per heavy atom. The van der Waals surface area contributed by atoms with E-state index in [0.717, 1.165) is 12.8 Å². The topological polar surface area (TPSA) is 40.5 Å². The van der Waals surface area contributed by atoms with Crippen LogP contribution in [0.4, 0.5) is 0 Å². The Labute approximate surface area is 123 Å². The van der Waals surface area contributed by atoms with E-state index in [9.17, 15) is 9.90 Å². The highest BCUT2D eigenvalue weighted by Gasteiger charge is 2.32. The molecule has 1 amide bonds. The zero-order valence-electron chi connectivity index (χ0n) is 10.8. The molecular formula is C14H17Cl2NO2. The van der Waals surface area contributed by atoms with Crippen LogP contribution >= 0.6 is 23.2 Å². The minimum atomic E-state index is -0.155. The van der Waals surface area contributed by atoms with E-state index in [1.165, 1.54) is 0 Å². The standard InChI is InChI=1S/C14H17Cl2NO2/c1-9-3-2-6-17(13(9)8-18)14(19)11-7-10(15)4-5-12(11)16/h4-5,7,9,13,18H,2-3,6,8H2,1H3. The van der Waals surface area contributed by atoms with Crippen LogP contribution in [0, 0.1) is 5.92 Å². The largest absolute Gasteiger partial charge is 0.394 e. The summed E-state index contributed by atoms with van der Waals surface area (Å²) in [7, 11) is 0. The molecular weight excluding hydrogens is 285 g/mol. The van der Waals surface area contributed by atoms with Crippen LogP contribution in [0.3, 0.4) is 0 Å². The quantitative estimate of drug-likeness (QED) is 0.911. The highest BCUT2D eigenvalue weighted by Crippen LogP contribution is 2.28. The molecule has 1 saturated heterocycles. The number of amides is 1. The van der Waals surface area contributed by atoms with E-state index in [-0.39, 0.29) is 18.6 Å². The maximum Gasteiger partial charge on any atom is 0.255 e. The number of nitrogens with zero attached hydrogens (tertiary/aromatic N) is 1. The van der Waals surface area contributed by atoms with E-state index in [2.05, 4.69) is 6.92 Å². The molecule has 2 rings (SSSR count). The molecule has 19 heavy (non-hydrogen) atoms. The van der Waals surface area contributed by atoms with Crippen molar-refractivity contribution in [2.75, 3.05) is 13.2 Å². The number of hydrogen-bond acceptors (Lipinski definition) is 2. The summed E-state index contributed by atoms with van der Waals surface area (Å²) in [6, 6.07) is 4.72. The number of carbonyl (C=O) groups excluding carboxylic acids is 1. The molecule has 0 aliphatic carbocycles. The highest BCUT2D eigenvalue weighted by molar-refractivity contribution is 6.35. The minimum absolute atomic E-state index is 0.0227. The first-order chi connectivity index (χ1) is 9.04. The zero-order valence-corrected chi connectivity index (χ0v) is 12.3. The second-order valence-electron chi connectivity index (χ2n) is 4.99. The van der Waals surface area contributed by atoms with Crippen LogP contribution in [0.2, 0.25) is 10.0 Å². The van der Waals surface area contributed by atoms with Crippen molar-refractivity contribution in [3.05, 3.63) is 33.8 Å². The molecule has 5 heteroatoms. The van der Waals surface area contributed by atoms with Gasteiger partial charge in [-0.25, -0.2) is 0 Å². The highest BCUT2D eigenvalue weighted by atomic mass is 35.5. The molecule has 1 heterocycles. The molecule has 0 radical (unpaired) electrons. The number of aliphatic hydroxyl groups is 1. The third kappa shape index (κ3) is 3.04. The average molecular weight is 302 g/mol. The van der Waals surface area contributed by atoms with Gasteiger partial charge in [0, 0.05) is 11.6 Å². The van der Waals surface area contributed by atoms with Crippen molar-refractivity contribution < 1.29 is 9.90 Å². The fourth-order valence-electron chi connectivity index (χ4n) is 2.60. The second-order valence-corrected chi connectivity index (χ2v) is 5.84. The molecule has 3 nitrogen and oxygen atoms in total. The summed E-state index contributed by atoms with van der Waals surface area (Å²) in [5.74, 6) is 0.138. The lowest BCUT2D eigenvalue weighted by molar-refractivity contribution is 0.0358. The molecule has 1 fully saturated rings. The Morgan fingerprint density at radius 3 is 2.89 bits per heavy atom. The van der Waals surface area contributed by atoms with Gasteiger partial charge in [0.2, 0.25) is 0 Å². The second kappa shape index (κ2) is 6.12. The minimum Gasteiger partial charge on any atom is -0.394 e. The van der Waals surface area contributed by atoms with Gasteiger partial charge in [0.15, 0.2) is 0 Å². The van der Waals surface area contributed by atoms with E-state index in [0.29, 0.717) is 28.1 Å². The van der Waals surface area contributed by atoms with Crippen LogP contribution in [0.25, 0.3) is 0 Å². The lowest BCUT2D eigenvalue weighted by Crippen LogP contribution is -2.49. The van der Waals surface area contributed by atoms with Gasteiger partial charge in [-0.15, -0.1) is 0 Å². The molecule has 1 aromatic rings. The Morgan fingerprint density at radius 2 is 2.21 bits per heavy atom. The predicted octanol–water partition coefficient (Wildman–Crippen LogP) is 3.23. The maximum atomic E-state index is 12.6. The molecule has 104 valence electrons. The Hall–Kier alpha value is -0.770. The van der Waals surface area contributed by atoms with Crippen LogP contribution in [-0.2, 0) is 0 Å². The van der Waals surface area contributed by atoms with E-state index in [1.54, 1.807) is 23.1 Å². The van der Waals surface area contributed by atoms with Gasteiger partial charge in [0.25, 0.3) is 5.91 Å². The normalized spacial score (nSPS) is 23.5. The van der Waals surface area contributed by atoms with Gasteiger partial charge in [0.1, 0.15) is 0 Å². The van der Waals surface area contributed by atoms with Crippen molar-refractivity contribution in [3.63, 3.8) is 0 Å². The SMILES string of the molecule is CC1CCCN(C(=O)c2cc(Cl)ccc2Cl)C1CO. The lowest BCUT2D eigenvalue weighted by atomic mass is 9.90. The van der Waals surface area contributed by atoms with E-state index in [4.69, 9.17) is 23.2 Å². The van der Waals surface area contributed by atoms with E-state index < -0.39 is 0 Å². The smallest absolute Gasteiger partial charge is 0.255 e. The van der Waals surface area contributed by atoms with Crippen LogP contribution in [0.15, 0.2) is 18.2 Å². The number of likely N-dealkylation sites (tertiary alicyclic amines) is 1. The maximum absolute atomic E-state index is 12.6. The number of halogens is 2. The Kier molecular flexibility index (Phi) is 4.71. The number of carbonyl (C=O) groups is 1. The number of piperidine rings is 1. The summed E-state index contributed by atoms with van der Waals surface area (Å²) in [4.78, 5) is 14.3. The van der Waals surface area contributed by atoms with Crippen molar-refractivity contribution >= 4 is 29.1 Å². The molecule has 2 atom stereocenters. The molecule has 0 bridgehead atoms. The summed E-state index contributed by atoms with van der Waals surface area (Å²) < 4.78 is 0. The third-order valence-electron chi connectivity index (χ3n) is 3.72. The van der Waals surface area contributed by atoms with Crippen LogP contribution in [0.1, 0.15) is 30.1 Å². The van der Waals surface area contributed by atoms with Crippen LogP contribution < -0.4 is 0 Å². The first-order valence-corrected chi connectivity index (χ1v) is 7.17. The first-order valence-electron chi connectivity index (χ1n) is 6.41. The first kappa shape index (κ1) is 14.6. The number of benzene rings is 1. The number of rotatable bonds is 2. The zero-order chi connectivity index (χ0) is 14.0. The lowest BCUT2D eigenvalue weighted by Gasteiger charge is -2.39. The monoisotopic (exact) mass is 301 g/mol. The van der Waals surface area contributed by atoms with Crippen LogP contribution in [-0.4, -0.2) is 35.1 Å². The van der Waals surface area contributed by atoms with Crippen molar-refractivity contribution in [3.8, 4) is 0 Å². The summed E-state index contributed by atoms with van der Waals surface area (Å²) in [5, 5.41) is 10.4. The van der Waals surface area contributed by atoms with Crippen molar-refractivity contribution in [2.24, 2.45) is 5.92 Å². The van der Waals surface area contributed by atoms with Gasteiger partial charge in [0.05, 0.1) is 23.2 Å². The molecule has 0 aromatic heterocycles. The summed E-state index contributed by atoms with van der Waals surface area (Å²) >= 11 is 12.0. The van der Waals surface area contributed by atoms with E-state index in [1.807, 2.05) is 0 Å². The fourth-order valence-corrected chi connectivity index (χ4v) is 2.97. The molecule has 0 spiro atoms. The fraction of sp³-hybridized carbons (Fsp3) is 0.500. The van der Waals surface area contributed by atoms with Crippen molar-refractivity contribution in [1.82, 2.24) is 4.90 Å². The third-order valence-corrected chi connectivity index (χ3v) is 4.29. The molecule has 1 aliphatic rings. The van der Waals surface area contributed by atoms with Gasteiger partial charge in [-0.2, -0.15) is 0 Å². The molecule has 0 saturated carbocycles. The predicted molar refractivity (Wildman–Crippen MR) is 76.8 cm³/mol. The van der Waals surface area contributed by atoms with Crippen LogP contribution in [0.5, 0.6) is 0 Å². The molecule has 2 unspecified atom stereocenters.